The van der Waals surface area contributed by atoms with Crippen LogP contribution in [0.5, 0.6) is 5.75 Å². The molecule has 0 amide bonds. The van der Waals surface area contributed by atoms with Crippen LogP contribution in [0.2, 0.25) is 0 Å². The van der Waals surface area contributed by atoms with Crippen molar-refractivity contribution in [2.75, 3.05) is 26.8 Å². The summed E-state index contributed by atoms with van der Waals surface area (Å²) in [4.78, 5) is 15.2. The average Bonchev–Trinajstić information content (AvgIpc) is 3.11. The summed E-state index contributed by atoms with van der Waals surface area (Å²) in [7, 11) is 1.57. The van der Waals surface area contributed by atoms with Crippen LogP contribution in [0.4, 0.5) is 0 Å². The highest BCUT2D eigenvalue weighted by Gasteiger charge is 2.37. The van der Waals surface area contributed by atoms with Gasteiger partial charge in [-0.25, -0.2) is 0 Å². The van der Waals surface area contributed by atoms with Crippen LogP contribution in [-0.4, -0.2) is 59.4 Å². The van der Waals surface area contributed by atoms with Crippen molar-refractivity contribution in [3.63, 3.8) is 0 Å². The van der Waals surface area contributed by atoms with E-state index in [1.54, 1.807) is 18.0 Å². The molecule has 3 heterocycles. The van der Waals surface area contributed by atoms with E-state index in [2.05, 4.69) is 10.00 Å². The summed E-state index contributed by atoms with van der Waals surface area (Å²) in [5, 5.41) is 4.27. The average molecular weight is 293 g/mol. The zero-order valence-electron chi connectivity index (χ0n) is 12.9. The van der Waals surface area contributed by atoms with Crippen molar-refractivity contribution in [2.45, 2.75) is 44.9 Å². The molecule has 3 rings (SSSR count). The summed E-state index contributed by atoms with van der Waals surface area (Å²) in [5.41, 5.74) is 0.523. The van der Waals surface area contributed by atoms with Crippen molar-refractivity contribution in [2.24, 2.45) is 0 Å². The monoisotopic (exact) mass is 293 g/mol. The maximum absolute atomic E-state index is 12.9. The second kappa shape index (κ2) is 5.77. The Kier molecular flexibility index (Phi) is 3.99. The summed E-state index contributed by atoms with van der Waals surface area (Å²) in [6.45, 7) is 6.39. The summed E-state index contributed by atoms with van der Waals surface area (Å²) in [6.07, 6.45) is 3.56. The predicted molar refractivity (Wildman–Crippen MR) is 77.8 cm³/mol. The molecule has 2 saturated heterocycles. The van der Waals surface area contributed by atoms with Gasteiger partial charge >= 0.3 is 0 Å². The largest absolute Gasteiger partial charge is 0.493 e. The van der Waals surface area contributed by atoms with E-state index in [-0.39, 0.29) is 11.8 Å². The number of methoxy groups -OCH3 is 1. The molecule has 0 bridgehead atoms. The minimum Gasteiger partial charge on any atom is -0.493 e. The Hall–Kier alpha value is -1.40. The van der Waals surface area contributed by atoms with E-state index >= 15 is 0 Å². The first-order valence-corrected chi connectivity index (χ1v) is 7.63. The number of nitrogens with zero attached hydrogens (tertiary/aromatic N) is 3. The lowest BCUT2D eigenvalue weighted by Gasteiger charge is -2.34. The van der Waals surface area contributed by atoms with Crippen LogP contribution in [0.15, 0.2) is 6.20 Å². The lowest BCUT2D eigenvalue weighted by molar-refractivity contribution is -0.0350. The Labute approximate surface area is 125 Å². The SMILES string of the molecule is COc1cnn(C(C)C)c1C(=O)C1CN2CCCC2CO1. The van der Waals surface area contributed by atoms with E-state index in [0.717, 1.165) is 6.54 Å². The molecule has 2 unspecified atom stereocenters. The normalized spacial score (nSPS) is 26.1. The highest BCUT2D eigenvalue weighted by atomic mass is 16.5. The zero-order chi connectivity index (χ0) is 15.0. The first-order chi connectivity index (χ1) is 10.1. The van der Waals surface area contributed by atoms with Crippen molar-refractivity contribution in [1.82, 2.24) is 14.7 Å². The fourth-order valence-corrected chi connectivity index (χ4v) is 3.25. The Bertz CT molecular complexity index is 526. The van der Waals surface area contributed by atoms with Crippen LogP contribution in [0.3, 0.4) is 0 Å². The molecule has 0 spiro atoms. The maximum Gasteiger partial charge on any atom is 0.214 e. The Morgan fingerprint density at radius 3 is 3.05 bits per heavy atom. The van der Waals surface area contributed by atoms with E-state index in [4.69, 9.17) is 9.47 Å². The number of fused-ring (bicyclic) bond motifs is 1. The van der Waals surface area contributed by atoms with E-state index in [9.17, 15) is 4.79 Å². The Morgan fingerprint density at radius 1 is 1.52 bits per heavy atom. The summed E-state index contributed by atoms with van der Waals surface area (Å²) in [5.74, 6) is 0.504. The minimum absolute atomic E-state index is 0.0246. The van der Waals surface area contributed by atoms with Gasteiger partial charge in [0, 0.05) is 18.6 Å². The van der Waals surface area contributed by atoms with Gasteiger partial charge in [-0.05, 0) is 33.2 Å². The van der Waals surface area contributed by atoms with Crippen molar-refractivity contribution >= 4 is 5.78 Å². The van der Waals surface area contributed by atoms with Crippen LogP contribution in [0, 0.1) is 0 Å². The van der Waals surface area contributed by atoms with Crippen LogP contribution in [0.1, 0.15) is 43.2 Å². The number of carbonyl (C=O) groups is 1. The molecule has 2 aliphatic rings. The third-order valence-electron chi connectivity index (χ3n) is 4.39. The number of ketones is 1. The molecule has 0 aromatic carbocycles. The first-order valence-electron chi connectivity index (χ1n) is 7.63. The molecule has 1 aromatic rings. The van der Waals surface area contributed by atoms with Crippen molar-refractivity contribution in [3.05, 3.63) is 11.9 Å². The second-order valence-electron chi connectivity index (χ2n) is 6.08. The molecule has 2 fully saturated rings. The molecule has 0 saturated carbocycles. The quantitative estimate of drug-likeness (QED) is 0.788. The standard InChI is InChI=1S/C15H23N3O3/c1-10(2)18-14(12(20-3)7-16-18)15(19)13-8-17-6-4-5-11(17)9-21-13/h7,10-11,13H,4-6,8-9H2,1-3H3. The first kappa shape index (κ1) is 14.5. The Morgan fingerprint density at radius 2 is 2.33 bits per heavy atom. The highest BCUT2D eigenvalue weighted by Crippen LogP contribution is 2.27. The van der Waals surface area contributed by atoms with Gasteiger partial charge in [0.05, 0.1) is 19.9 Å². The van der Waals surface area contributed by atoms with E-state index in [1.165, 1.54) is 12.8 Å². The summed E-state index contributed by atoms with van der Waals surface area (Å²) < 4.78 is 12.8. The van der Waals surface area contributed by atoms with Crippen molar-refractivity contribution in [1.29, 1.82) is 0 Å². The number of morpholine rings is 1. The van der Waals surface area contributed by atoms with E-state index in [1.807, 2.05) is 13.8 Å². The molecule has 6 heteroatoms. The molecule has 116 valence electrons. The molecule has 0 radical (unpaired) electrons. The van der Waals surface area contributed by atoms with Gasteiger partial charge in [-0.1, -0.05) is 0 Å². The van der Waals surface area contributed by atoms with Gasteiger partial charge in [0.2, 0.25) is 5.78 Å². The fraction of sp³-hybridized carbons (Fsp3) is 0.733. The lowest BCUT2D eigenvalue weighted by Crippen LogP contribution is -2.49. The van der Waals surface area contributed by atoms with Crippen molar-refractivity contribution < 1.29 is 14.3 Å². The van der Waals surface area contributed by atoms with Crippen LogP contribution in [0.25, 0.3) is 0 Å². The number of Topliss-reactive ketones (excluding diaryl/α,β-unsaturated/α-hetero) is 1. The van der Waals surface area contributed by atoms with E-state index < -0.39 is 6.10 Å². The van der Waals surface area contributed by atoms with E-state index in [0.29, 0.717) is 30.6 Å². The predicted octanol–water partition coefficient (Wildman–Crippen LogP) is 1.52. The highest BCUT2D eigenvalue weighted by molar-refractivity contribution is 6.00. The number of aromatic nitrogens is 2. The number of ether oxygens (including phenoxy) is 2. The number of carbonyl (C=O) groups excluding carboxylic acids is 1. The van der Waals surface area contributed by atoms with Gasteiger partial charge in [-0.15, -0.1) is 0 Å². The van der Waals surface area contributed by atoms with Gasteiger partial charge in [0.25, 0.3) is 0 Å². The Balaban J connectivity index is 1.83. The van der Waals surface area contributed by atoms with Gasteiger partial charge in [-0.3, -0.25) is 14.4 Å². The van der Waals surface area contributed by atoms with Gasteiger partial charge in [0.15, 0.2) is 5.75 Å². The topological polar surface area (TPSA) is 56.6 Å². The summed E-state index contributed by atoms with van der Waals surface area (Å²) >= 11 is 0. The molecule has 2 atom stereocenters. The second-order valence-corrected chi connectivity index (χ2v) is 6.08. The molecule has 21 heavy (non-hydrogen) atoms. The number of rotatable bonds is 4. The summed E-state index contributed by atoms with van der Waals surface area (Å²) in [6, 6.07) is 0.599. The molecular formula is C15H23N3O3. The smallest absolute Gasteiger partial charge is 0.214 e. The van der Waals surface area contributed by atoms with Gasteiger partial charge in [-0.2, -0.15) is 5.10 Å². The zero-order valence-corrected chi connectivity index (χ0v) is 12.9. The number of hydrogen-bond acceptors (Lipinski definition) is 5. The molecule has 6 nitrogen and oxygen atoms in total. The van der Waals surface area contributed by atoms with Gasteiger partial charge in [0.1, 0.15) is 11.8 Å². The molecule has 0 N–H and O–H groups in total. The van der Waals surface area contributed by atoms with Gasteiger partial charge < -0.3 is 9.47 Å². The van der Waals surface area contributed by atoms with Crippen molar-refractivity contribution in [3.8, 4) is 5.75 Å². The lowest BCUT2D eigenvalue weighted by atomic mass is 10.1. The fourth-order valence-electron chi connectivity index (χ4n) is 3.25. The third-order valence-corrected chi connectivity index (χ3v) is 4.39. The molecule has 1 aromatic heterocycles. The van der Waals surface area contributed by atoms with Crippen LogP contribution in [-0.2, 0) is 4.74 Å². The minimum atomic E-state index is -0.414. The molecule has 2 aliphatic heterocycles. The maximum atomic E-state index is 12.9. The molecular weight excluding hydrogens is 270 g/mol. The van der Waals surface area contributed by atoms with Crippen LogP contribution >= 0.6 is 0 Å². The molecule has 0 aliphatic carbocycles. The third kappa shape index (κ3) is 2.58. The van der Waals surface area contributed by atoms with Crippen LogP contribution < -0.4 is 4.74 Å². The number of hydrogen-bond donors (Lipinski definition) is 0.